The van der Waals surface area contributed by atoms with E-state index in [-0.39, 0.29) is 19.1 Å². The van der Waals surface area contributed by atoms with Crippen LogP contribution in [0.2, 0.25) is 0 Å². The Morgan fingerprint density at radius 2 is 1.43 bits per heavy atom. The summed E-state index contributed by atoms with van der Waals surface area (Å²) in [6.45, 7) is 3.34. The first-order valence-electron chi connectivity index (χ1n) is 12.4. The highest BCUT2D eigenvalue weighted by molar-refractivity contribution is 5.94. The Kier molecular flexibility index (Phi) is 11.2. The van der Waals surface area contributed by atoms with E-state index in [0.29, 0.717) is 12.8 Å². The third-order valence-electron chi connectivity index (χ3n) is 6.15. The molecule has 2 rings (SSSR count). The molecule has 3 amide bonds. The summed E-state index contributed by atoms with van der Waals surface area (Å²) >= 11 is 0. The molecule has 0 aliphatic carbocycles. The second-order valence-electron chi connectivity index (χ2n) is 9.95. The van der Waals surface area contributed by atoms with Crippen molar-refractivity contribution in [2.24, 2.45) is 5.73 Å². The lowest BCUT2D eigenvalue weighted by Crippen LogP contribution is -2.60. The normalized spacial score (nSPS) is 13.1. The lowest BCUT2D eigenvalue weighted by Gasteiger charge is -2.35. The van der Waals surface area contributed by atoms with Gasteiger partial charge in [0, 0.05) is 28.2 Å². The van der Waals surface area contributed by atoms with Crippen LogP contribution in [0.25, 0.3) is 0 Å². The molecular formula is C28H41N5O4. The Labute approximate surface area is 220 Å². The molecule has 0 saturated carbocycles. The first-order chi connectivity index (χ1) is 17.4. The minimum Gasteiger partial charge on any atom is -0.374 e. The Bertz CT molecular complexity index is 1010. The van der Waals surface area contributed by atoms with Crippen LogP contribution in [0.5, 0.6) is 0 Å². The summed E-state index contributed by atoms with van der Waals surface area (Å²) in [6.07, 6.45) is 1.02. The second-order valence-corrected chi connectivity index (χ2v) is 9.95. The van der Waals surface area contributed by atoms with E-state index in [0.717, 1.165) is 11.1 Å². The quantitative estimate of drug-likeness (QED) is 0.397. The predicted octanol–water partition coefficient (Wildman–Crippen LogP) is 1.82. The molecule has 9 heteroatoms. The number of hydrogen-bond acceptors (Lipinski definition) is 6. The van der Waals surface area contributed by atoms with Gasteiger partial charge in [-0.3, -0.25) is 19.4 Å². The van der Waals surface area contributed by atoms with E-state index >= 15 is 0 Å². The van der Waals surface area contributed by atoms with Gasteiger partial charge in [-0.2, -0.15) is 0 Å². The Morgan fingerprint density at radius 3 is 1.95 bits per heavy atom. The zero-order chi connectivity index (χ0) is 27.6. The van der Waals surface area contributed by atoms with E-state index < -0.39 is 29.4 Å². The number of hydrazine groups is 1. The van der Waals surface area contributed by atoms with Gasteiger partial charge in [-0.25, -0.2) is 5.01 Å². The molecule has 0 heterocycles. The van der Waals surface area contributed by atoms with Gasteiger partial charge < -0.3 is 20.7 Å². The number of carbonyl (C=O) groups is 3. The van der Waals surface area contributed by atoms with E-state index in [1.54, 1.807) is 47.0 Å². The van der Waals surface area contributed by atoms with Gasteiger partial charge in [-0.05, 0) is 37.8 Å². The number of ether oxygens (including phenoxy) is 1. The largest absolute Gasteiger partial charge is 0.374 e. The highest BCUT2D eigenvalue weighted by atomic mass is 16.5. The van der Waals surface area contributed by atoms with Crippen LogP contribution in [-0.4, -0.2) is 85.1 Å². The number of nitrogens with zero attached hydrogens (tertiary/aromatic N) is 3. The van der Waals surface area contributed by atoms with Crippen LogP contribution in [0.3, 0.4) is 0 Å². The van der Waals surface area contributed by atoms with E-state index in [9.17, 15) is 14.4 Å². The average molecular weight is 512 g/mol. The summed E-state index contributed by atoms with van der Waals surface area (Å²) in [6, 6.07) is 17.6. The fourth-order valence-electron chi connectivity index (χ4n) is 3.63. The minimum absolute atomic E-state index is 0.0665. The minimum atomic E-state index is -1.19. The van der Waals surface area contributed by atoms with Crippen LogP contribution in [0.4, 0.5) is 0 Å². The average Bonchev–Trinajstić information content (AvgIpc) is 2.87. The fraction of sp³-hybridized carbons (Fsp3) is 0.464. The SMILES string of the molecule is CN(C(=O)C(COCc1ccccc1)NC(=O)C(C)(C)N)[C@H](CCc1ccccc1)C(=O)N(C)N(C)C. The number of aryl methyl sites for hydroxylation is 1. The maximum atomic E-state index is 13.7. The summed E-state index contributed by atoms with van der Waals surface area (Å²) in [5.74, 6) is -1.14. The van der Waals surface area contributed by atoms with Crippen LogP contribution in [0, 0.1) is 0 Å². The standard InChI is InChI=1S/C28H41N5O4/c1-28(2,29)27(36)30-23(20-37-19-22-15-11-8-12-16-22)25(34)32(5)24(26(35)33(6)31(3)4)18-17-21-13-9-7-10-14-21/h7-16,23-24H,17-20,29H2,1-6H3,(H,30,36)/t23?,24-/m1/s1. The lowest BCUT2D eigenvalue weighted by atomic mass is 10.0. The number of nitrogens with one attached hydrogen (secondary N) is 1. The molecule has 3 N–H and O–H groups in total. The summed E-state index contributed by atoms with van der Waals surface area (Å²) in [7, 11) is 6.77. The molecule has 1 unspecified atom stereocenters. The highest BCUT2D eigenvalue weighted by Gasteiger charge is 2.35. The summed E-state index contributed by atoms with van der Waals surface area (Å²) < 4.78 is 5.82. The summed E-state index contributed by atoms with van der Waals surface area (Å²) in [5, 5.41) is 5.86. The highest BCUT2D eigenvalue weighted by Crippen LogP contribution is 2.14. The molecular weight excluding hydrogens is 470 g/mol. The van der Waals surface area contributed by atoms with E-state index in [2.05, 4.69) is 5.32 Å². The number of rotatable bonds is 13. The number of nitrogens with two attached hydrogens (primary N) is 1. The van der Waals surface area contributed by atoms with Crippen LogP contribution in [0.15, 0.2) is 60.7 Å². The van der Waals surface area contributed by atoms with Crippen LogP contribution in [0.1, 0.15) is 31.4 Å². The zero-order valence-corrected chi connectivity index (χ0v) is 22.8. The van der Waals surface area contributed by atoms with Crippen molar-refractivity contribution in [1.29, 1.82) is 0 Å². The van der Waals surface area contributed by atoms with E-state index in [1.807, 2.05) is 60.7 Å². The van der Waals surface area contributed by atoms with Crippen molar-refractivity contribution in [3.8, 4) is 0 Å². The number of carbonyl (C=O) groups excluding carboxylic acids is 3. The van der Waals surface area contributed by atoms with Crippen molar-refractivity contribution < 1.29 is 19.1 Å². The van der Waals surface area contributed by atoms with E-state index in [4.69, 9.17) is 10.5 Å². The number of amides is 3. The van der Waals surface area contributed by atoms with Crippen LogP contribution in [-0.2, 0) is 32.1 Å². The molecule has 2 aromatic rings. The summed E-state index contributed by atoms with van der Waals surface area (Å²) in [5.41, 5.74) is 6.79. The predicted molar refractivity (Wildman–Crippen MR) is 144 cm³/mol. The Balaban J connectivity index is 2.24. The fourth-order valence-corrected chi connectivity index (χ4v) is 3.63. The molecule has 0 spiro atoms. The zero-order valence-electron chi connectivity index (χ0n) is 22.8. The topological polar surface area (TPSA) is 108 Å². The van der Waals surface area contributed by atoms with Crippen LogP contribution < -0.4 is 11.1 Å². The van der Waals surface area contributed by atoms with Crippen molar-refractivity contribution in [3.63, 3.8) is 0 Å². The molecule has 0 aliphatic rings. The lowest BCUT2D eigenvalue weighted by molar-refractivity contribution is -0.154. The van der Waals surface area contributed by atoms with Gasteiger partial charge >= 0.3 is 0 Å². The molecule has 202 valence electrons. The van der Waals surface area contributed by atoms with Gasteiger partial charge in [0.15, 0.2) is 0 Å². The van der Waals surface area contributed by atoms with Gasteiger partial charge in [-0.15, -0.1) is 0 Å². The molecule has 0 aliphatic heterocycles. The monoisotopic (exact) mass is 511 g/mol. The van der Waals surface area contributed by atoms with Crippen molar-refractivity contribution in [2.75, 3.05) is 34.8 Å². The van der Waals surface area contributed by atoms with Crippen molar-refractivity contribution >= 4 is 17.7 Å². The molecule has 2 atom stereocenters. The Hall–Kier alpha value is -3.27. The van der Waals surface area contributed by atoms with Gasteiger partial charge in [0.25, 0.3) is 5.91 Å². The number of likely N-dealkylation sites (N-methyl/N-ethyl adjacent to an activating group) is 2. The van der Waals surface area contributed by atoms with Gasteiger partial charge in [0.05, 0.1) is 18.8 Å². The van der Waals surface area contributed by atoms with Gasteiger partial charge in [0.1, 0.15) is 12.1 Å². The maximum absolute atomic E-state index is 13.7. The van der Waals surface area contributed by atoms with Crippen molar-refractivity contribution in [1.82, 2.24) is 20.2 Å². The van der Waals surface area contributed by atoms with Crippen LogP contribution >= 0.6 is 0 Å². The molecule has 0 bridgehead atoms. The third kappa shape index (κ3) is 9.27. The molecule has 0 saturated heterocycles. The van der Waals surface area contributed by atoms with E-state index in [1.165, 1.54) is 9.91 Å². The number of benzene rings is 2. The van der Waals surface area contributed by atoms with Crippen molar-refractivity contribution in [3.05, 3.63) is 71.8 Å². The maximum Gasteiger partial charge on any atom is 0.259 e. The smallest absolute Gasteiger partial charge is 0.259 e. The first kappa shape index (κ1) is 30.0. The van der Waals surface area contributed by atoms with Gasteiger partial charge in [-0.1, -0.05) is 60.7 Å². The molecule has 37 heavy (non-hydrogen) atoms. The summed E-state index contributed by atoms with van der Waals surface area (Å²) in [4.78, 5) is 41.2. The first-order valence-corrected chi connectivity index (χ1v) is 12.4. The molecule has 9 nitrogen and oxygen atoms in total. The van der Waals surface area contributed by atoms with Gasteiger partial charge in [0.2, 0.25) is 11.8 Å². The van der Waals surface area contributed by atoms with Crippen molar-refractivity contribution in [2.45, 2.75) is 50.9 Å². The molecule has 0 fully saturated rings. The molecule has 0 radical (unpaired) electrons. The Morgan fingerprint density at radius 1 is 0.892 bits per heavy atom. The molecule has 0 aromatic heterocycles. The molecule has 2 aromatic carbocycles. The second kappa shape index (κ2) is 13.9. The number of hydrogen-bond donors (Lipinski definition) is 2. The third-order valence-corrected chi connectivity index (χ3v) is 6.15.